The van der Waals surface area contributed by atoms with Crippen LogP contribution in [0.2, 0.25) is 0 Å². The van der Waals surface area contributed by atoms with Crippen LogP contribution in [0.3, 0.4) is 0 Å². The zero-order chi connectivity index (χ0) is 20.1. The third-order valence-corrected chi connectivity index (χ3v) is 5.49. The maximum Gasteiger partial charge on any atom is 0.300 e. The van der Waals surface area contributed by atoms with Crippen molar-refractivity contribution in [1.29, 1.82) is 0 Å². The third-order valence-electron chi connectivity index (χ3n) is 3.04. The van der Waals surface area contributed by atoms with Gasteiger partial charge in [-0.3, -0.25) is 9.59 Å². The van der Waals surface area contributed by atoms with Crippen molar-refractivity contribution < 1.29 is 19.8 Å². The molecule has 0 heterocycles. The summed E-state index contributed by atoms with van der Waals surface area (Å²) in [6, 6.07) is 32.3. The Kier molecular flexibility index (Phi) is 10.1. The largest absolute Gasteiger partial charge is 0.481 e. The number of carboxylic acid groups (broad SMARTS) is 2. The second-order valence-corrected chi connectivity index (χ2v) is 7.60. The molecule has 0 aromatic heterocycles. The van der Waals surface area contributed by atoms with Crippen LogP contribution in [0.15, 0.2) is 91.0 Å². The van der Waals surface area contributed by atoms with Crippen LogP contribution in [0, 0.1) is 0 Å². The van der Waals surface area contributed by atoms with Crippen LogP contribution >= 0.6 is 7.92 Å². The van der Waals surface area contributed by atoms with E-state index >= 15 is 0 Å². The normalized spacial score (nSPS) is 9.30. The van der Waals surface area contributed by atoms with Gasteiger partial charge in [0.2, 0.25) is 0 Å². The van der Waals surface area contributed by atoms with Crippen molar-refractivity contribution in [2.45, 2.75) is 13.8 Å². The molecule has 0 aliphatic rings. The van der Waals surface area contributed by atoms with Gasteiger partial charge >= 0.3 is 0 Å². The van der Waals surface area contributed by atoms with E-state index in [1.54, 1.807) is 0 Å². The maximum atomic E-state index is 9.00. The van der Waals surface area contributed by atoms with Gasteiger partial charge in [-0.2, -0.15) is 0 Å². The Bertz CT molecular complexity index is 692. The standard InChI is InChI=1S/C18H15P.2C2H4O2/c1-4-10-16(11-5-1)19(17-12-6-2-7-13-17)18-14-8-3-9-15-18;2*1-2(3)4/h1-15H;2*1H3,(H,3,4). The first-order valence-electron chi connectivity index (χ1n) is 8.26. The van der Waals surface area contributed by atoms with Crippen LogP contribution in [0.25, 0.3) is 0 Å². The minimum absolute atomic E-state index is 0.446. The first-order valence-corrected chi connectivity index (χ1v) is 9.60. The van der Waals surface area contributed by atoms with Gasteiger partial charge in [-0.15, -0.1) is 0 Å². The zero-order valence-corrected chi connectivity index (χ0v) is 16.2. The molecule has 3 rings (SSSR count). The molecule has 0 aliphatic heterocycles. The Hall–Kier alpha value is -2.97. The summed E-state index contributed by atoms with van der Waals surface area (Å²) in [5, 5.41) is 19.0. The predicted molar refractivity (Wildman–Crippen MR) is 112 cm³/mol. The molecule has 3 aromatic rings. The van der Waals surface area contributed by atoms with E-state index in [-0.39, 0.29) is 0 Å². The minimum Gasteiger partial charge on any atom is -0.481 e. The molecule has 0 aliphatic carbocycles. The van der Waals surface area contributed by atoms with Crippen LogP contribution in [0.1, 0.15) is 13.8 Å². The highest BCUT2D eigenvalue weighted by atomic mass is 31.1. The molecule has 27 heavy (non-hydrogen) atoms. The van der Waals surface area contributed by atoms with Crippen LogP contribution in [-0.2, 0) is 9.59 Å². The molecular weight excluding hydrogens is 359 g/mol. The van der Waals surface area contributed by atoms with Crippen molar-refractivity contribution >= 4 is 35.8 Å². The molecule has 0 amide bonds. The summed E-state index contributed by atoms with van der Waals surface area (Å²) < 4.78 is 0. The molecular formula is C22H23O4P. The van der Waals surface area contributed by atoms with Crippen LogP contribution in [-0.4, -0.2) is 22.2 Å². The van der Waals surface area contributed by atoms with Gasteiger partial charge in [0.25, 0.3) is 11.9 Å². The highest BCUT2D eigenvalue weighted by Crippen LogP contribution is 2.32. The summed E-state index contributed by atoms with van der Waals surface area (Å²) in [6.07, 6.45) is 0. The molecule has 0 unspecified atom stereocenters. The van der Waals surface area contributed by atoms with Crippen molar-refractivity contribution in [3.63, 3.8) is 0 Å². The van der Waals surface area contributed by atoms with Gasteiger partial charge in [0, 0.05) is 13.8 Å². The fraction of sp³-hybridized carbons (Fsp3) is 0.0909. The van der Waals surface area contributed by atoms with E-state index in [9.17, 15) is 0 Å². The summed E-state index contributed by atoms with van der Waals surface area (Å²) >= 11 is 0. The summed E-state index contributed by atoms with van der Waals surface area (Å²) in [5.41, 5.74) is 0. The van der Waals surface area contributed by atoms with Gasteiger partial charge in [0.1, 0.15) is 0 Å². The quantitative estimate of drug-likeness (QED) is 0.679. The molecule has 4 nitrogen and oxygen atoms in total. The Labute approximate surface area is 160 Å². The van der Waals surface area contributed by atoms with E-state index < -0.39 is 19.9 Å². The highest BCUT2D eigenvalue weighted by molar-refractivity contribution is 7.79. The van der Waals surface area contributed by atoms with E-state index in [1.807, 2.05) is 0 Å². The highest BCUT2D eigenvalue weighted by Gasteiger charge is 2.14. The fourth-order valence-electron chi connectivity index (χ4n) is 2.18. The Morgan fingerprint density at radius 2 is 0.741 bits per heavy atom. The topological polar surface area (TPSA) is 74.6 Å². The Morgan fingerprint density at radius 3 is 0.926 bits per heavy atom. The fourth-order valence-corrected chi connectivity index (χ4v) is 4.48. The number of aliphatic carboxylic acids is 2. The van der Waals surface area contributed by atoms with Gasteiger partial charge in [-0.25, -0.2) is 0 Å². The van der Waals surface area contributed by atoms with E-state index in [0.29, 0.717) is 0 Å². The van der Waals surface area contributed by atoms with Crippen molar-refractivity contribution in [3.05, 3.63) is 91.0 Å². The van der Waals surface area contributed by atoms with Crippen LogP contribution in [0.4, 0.5) is 0 Å². The lowest BCUT2D eigenvalue weighted by Crippen LogP contribution is -2.20. The summed E-state index contributed by atoms with van der Waals surface area (Å²) in [6.45, 7) is 2.17. The number of benzene rings is 3. The monoisotopic (exact) mass is 382 g/mol. The lowest BCUT2D eigenvalue weighted by molar-refractivity contribution is -0.135. The molecule has 0 saturated heterocycles. The molecule has 0 spiro atoms. The van der Waals surface area contributed by atoms with Crippen molar-refractivity contribution in [1.82, 2.24) is 0 Å². The van der Waals surface area contributed by atoms with Crippen molar-refractivity contribution in [2.24, 2.45) is 0 Å². The van der Waals surface area contributed by atoms with Crippen molar-refractivity contribution in [2.75, 3.05) is 0 Å². The van der Waals surface area contributed by atoms with E-state index in [2.05, 4.69) is 91.0 Å². The Balaban J connectivity index is 0.000000390. The van der Waals surface area contributed by atoms with E-state index in [4.69, 9.17) is 19.8 Å². The molecule has 140 valence electrons. The molecule has 0 saturated carbocycles. The van der Waals surface area contributed by atoms with Crippen molar-refractivity contribution in [3.8, 4) is 0 Å². The SMILES string of the molecule is CC(=O)O.CC(=O)O.c1ccc(P(c2ccccc2)c2ccccc2)cc1. The molecule has 0 fully saturated rings. The van der Waals surface area contributed by atoms with E-state index in [0.717, 1.165) is 13.8 Å². The molecule has 5 heteroatoms. The average molecular weight is 382 g/mol. The molecule has 0 atom stereocenters. The first-order chi connectivity index (χ1) is 12.9. The van der Waals surface area contributed by atoms with Crippen LogP contribution in [0.5, 0.6) is 0 Å². The molecule has 2 N–H and O–H groups in total. The van der Waals surface area contributed by atoms with Gasteiger partial charge < -0.3 is 10.2 Å². The zero-order valence-electron chi connectivity index (χ0n) is 15.3. The number of carbonyl (C=O) groups is 2. The number of hydrogen-bond donors (Lipinski definition) is 2. The summed E-state index contributed by atoms with van der Waals surface area (Å²) in [4.78, 5) is 18.0. The molecule has 0 bridgehead atoms. The van der Waals surface area contributed by atoms with Gasteiger partial charge in [0.15, 0.2) is 0 Å². The average Bonchev–Trinajstić information content (AvgIpc) is 2.64. The van der Waals surface area contributed by atoms with Gasteiger partial charge in [-0.05, 0) is 23.8 Å². The predicted octanol–water partition coefficient (Wildman–Crippen LogP) is 3.63. The summed E-state index contributed by atoms with van der Waals surface area (Å²) in [5.74, 6) is -1.67. The van der Waals surface area contributed by atoms with E-state index in [1.165, 1.54) is 15.9 Å². The number of hydrogen-bond acceptors (Lipinski definition) is 2. The smallest absolute Gasteiger partial charge is 0.300 e. The molecule has 0 radical (unpaired) electrons. The van der Waals surface area contributed by atoms with Crippen LogP contribution < -0.4 is 15.9 Å². The number of rotatable bonds is 3. The lowest BCUT2D eigenvalue weighted by atomic mass is 10.4. The lowest BCUT2D eigenvalue weighted by Gasteiger charge is -2.18. The van der Waals surface area contributed by atoms with Gasteiger partial charge in [0.05, 0.1) is 0 Å². The minimum atomic E-state index is -0.833. The third kappa shape index (κ3) is 9.34. The van der Waals surface area contributed by atoms with Gasteiger partial charge in [-0.1, -0.05) is 91.0 Å². The summed E-state index contributed by atoms with van der Waals surface area (Å²) in [7, 11) is -0.446. The second kappa shape index (κ2) is 12.4. The number of carboxylic acids is 2. The maximum absolute atomic E-state index is 9.00. The molecule has 3 aromatic carbocycles. The second-order valence-electron chi connectivity index (χ2n) is 5.38. The Morgan fingerprint density at radius 1 is 0.556 bits per heavy atom. The first kappa shape index (κ1) is 22.1.